The summed E-state index contributed by atoms with van der Waals surface area (Å²) >= 11 is 0. The number of hydrogen-bond acceptors (Lipinski definition) is 3. The van der Waals surface area contributed by atoms with Crippen LogP contribution in [0, 0.1) is 19.8 Å². The molecule has 1 saturated heterocycles. The van der Waals surface area contributed by atoms with Gasteiger partial charge in [0.05, 0.1) is 18.1 Å². The number of likely N-dealkylation sites (tertiary alicyclic amines) is 1. The van der Waals surface area contributed by atoms with Gasteiger partial charge in [-0.05, 0) is 45.2 Å². The second kappa shape index (κ2) is 7.77. The largest absolute Gasteiger partial charge is 0.466 e. The molecule has 2 heterocycles. The summed E-state index contributed by atoms with van der Waals surface area (Å²) in [7, 11) is 0. The van der Waals surface area contributed by atoms with Gasteiger partial charge in [-0.25, -0.2) is 0 Å². The first-order chi connectivity index (χ1) is 12.5. The molecule has 1 fully saturated rings. The molecule has 1 aliphatic heterocycles. The maximum atomic E-state index is 12.9. The standard InChI is InChI=1S/C21H26N2O3/c1-4-26-21(25)17-9-11-23(12-10-17)20(24)18-13-19(22-15(18)3)16-7-5-14(2)6-8-16/h5-8,13,17,22H,4,9-12H2,1-3H3. The quantitative estimate of drug-likeness (QED) is 0.851. The molecule has 2 aromatic rings. The summed E-state index contributed by atoms with van der Waals surface area (Å²) in [6, 6.07) is 10.2. The van der Waals surface area contributed by atoms with Crippen molar-refractivity contribution in [2.24, 2.45) is 5.92 Å². The van der Waals surface area contributed by atoms with Gasteiger partial charge in [0.2, 0.25) is 0 Å². The SMILES string of the molecule is CCOC(=O)C1CCN(C(=O)c2cc(-c3ccc(C)cc3)[nH]c2C)CC1. The predicted molar refractivity (Wildman–Crippen MR) is 101 cm³/mol. The Balaban J connectivity index is 1.69. The second-order valence-corrected chi connectivity index (χ2v) is 6.91. The Morgan fingerprint density at radius 1 is 1.15 bits per heavy atom. The number of H-pyrrole nitrogens is 1. The van der Waals surface area contributed by atoms with Crippen LogP contribution in [0.25, 0.3) is 11.3 Å². The first kappa shape index (κ1) is 18.2. The number of amides is 1. The van der Waals surface area contributed by atoms with Crippen molar-refractivity contribution in [1.82, 2.24) is 9.88 Å². The van der Waals surface area contributed by atoms with E-state index in [0.29, 0.717) is 38.1 Å². The number of ether oxygens (including phenoxy) is 1. The summed E-state index contributed by atoms with van der Waals surface area (Å²) < 4.78 is 5.09. The Bertz CT molecular complexity index is 784. The maximum Gasteiger partial charge on any atom is 0.309 e. The normalized spacial score (nSPS) is 15.1. The van der Waals surface area contributed by atoms with E-state index in [-0.39, 0.29) is 17.8 Å². The molecule has 0 unspecified atom stereocenters. The van der Waals surface area contributed by atoms with Crippen LogP contribution in [0.3, 0.4) is 0 Å². The van der Waals surface area contributed by atoms with E-state index >= 15 is 0 Å². The number of rotatable bonds is 4. The molecule has 5 heteroatoms. The summed E-state index contributed by atoms with van der Waals surface area (Å²) in [5.74, 6) is -0.201. The summed E-state index contributed by atoms with van der Waals surface area (Å²) in [6.45, 7) is 7.38. The lowest BCUT2D eigenvalue weighted by Gasteiger charge is -2.30. The Morgan fingerprint density at radius 2 is 1.81 bits per heavy atom. The van der Waals surface area contributed by atoms with Crippen molar-refractivity contribution in [3.05, 3.63) is 47.2 Å². The number of hydrogen-bond donors (Lipinski definition) is 1. The van der Waals surface area contributed by atoms with Gasteiger partial charge < -0.3 is 14.6 Å². The van der Waals surface area contributed by atoms with E-state index in [2.05, 4.69) is 36.2 Å². The molecule has 5 nitrogen and oxygen atoms in total. The van der Waals surface area contributed by atoms with Crippen molar-refractivity contribution in [2.45, 2.75) is 33.6 Å². The van der Waals surface area contributed by atoms with Crippen molar-refractivity contribution >= 4 is 11.9 Å². The molecule has 1 amide bonds. The number of aryl methyl sites for hydroxylation is 2. The Kier molecular flexibility index (Phi) is 5.45. The van der Waals surface area contributed by atoms with E-state index in [1.54, 1.807) is 0 Å². The van der Waals surface area contributed by atoms with E-state index in [9.17, 15) is 9.59 Å². The third kappa shape index (κ3) is 3.82. The zero-order valence-corrected chi connectivity index (χ0v) is 15.7. The van der Waals surface area contributed by atoms with Gasteiger partial charge in [0.25, 0.3) is 5.91 Å². The summed E-state index contributed by atoms with van der Waals surface area (Å²) in [5, 5.41) is 0. The molecule has 0 aliphatic carbocycles. The van der Waals surface area contributed by atoms with Gasteiger partial charge in [0.15, 0.2) is 0 Å². The highest BCUT2D eigenvalue weighted by Gasteiger charge is 2.29. The molecule has 0 radical (unpaired) electrons. The van der Waals surface area contributed by atoms with Crippen molar-refractivity contribution in [3.63, 3.8) is 0 Å². The molecule has 3 rings (SSSR count). The fourth-order valence-corrected chi connectivity index (χ4v) is 3.42. The molecular weight excluding hydrogens is 328 g/mol. The van der Waals surface area contributed by atoms with Crippen LogP contribution in [-0.4, -0.2) is 41.5 Å². The van der Waals surface area contributed by atoms with Crippen molar-refractivity contribution in [2.75, 3.05) is 19.7 Å². The van der Waals surface area contributed by atoms with Gasteiger partial charge in [0.1, 0.15) is 0 Å². The van der Waals surface area contributed by atoms with Crippen LogP contribution in [0.1, 0.15) is 41.4 Å². The first-order valence-corrected chi connectivity index (χ1v) is 9.22. The Hall–Kier alpha value is -2.56. The average Bonchev–Trinajstić information content (AvgIpc) is 3.04. The number of piperidine rings is 1. The predicted octanol–water partition coefficient (Wildman–Crippen LogP) is 3.71. The molecule has 0 atom stereocenters. The number of nitrogens with zero attached hydrogens (tertiary/aromatic N) is 1. The summed E-state index contributed by atoms with van der Waals surface area (Å²) in [5.41, 5.74) is 4.80. The average molecular weight is 354 g/mol. The van der Waals surface area contributed by atoms with Crippen molar-refractivity contribution < 1.29 is 14.3 Å². The Morgan fingerprint density at radius 3 is 2.42 bits per heavy atom. The summed E-state index contributed by atoms with van der Waals surface area (Å²) in [4.78, 5) is 29.9. The highest BCUT2D eigenvalue weighted by atomic mass is 16.5. The van der Waals surface area contributed by atoms with E-state index in [4.69, 9.17) is 4.74 Å². The van der Waals surface area contributed by atoms with Crippen LogP contribution in [-0.2, 0) is 9.53 Å². The molecule has 26 heavy (non-hydrogen) atoms. The van der Waals surface area contributed by atoms with Crippen LogP contribution < -0.4 is 0 Å². The molecule has 0 spiro atoms. The zero-order chi connectivity index (χ0) is 18.7. The lowest BCUT2D eigenvalue weighted by Crippen LogP contribution is -2.40. The van der Waals surface area contributed by atoms with Crippen molar-refractivity contribution in [1.29, 1.82) is 0 Å². The minimum Gasteiger partial charge on any atom is -0.466 e. The minimum absolute atomic E-state index is 0.0272. The number of nitrogens with one attached hydrogen (secondary N) is 1. The highest BCUT2D eigenvalue weighted by Crippen LogP contribution is 2.25. The molecule has 0 bridgehead atoms. The number of carbonyl (C=O) groups excluding carboxylic acids is 2. The van der Waals surface area contributed by atoms with Crippen LogP contribution in [0.4, 0.5) is 0 Å². The van der Waals surface area contributed by atoms with Crippen LogP contribution >= 0.6 is 0 Å². The topological polar surface area (TPSA) is 62.4 Å². The maximum absolute atomic E-state index is 12.9. The first-order valence-electron chi connectivity index (χ1n) is 9.22. The van der Waals surface area contributed by atoms with Crippen LogP contribution in [0.5, 0.6) is 0 Å². The number of esters is 1. The molecule has 1 aliphatic rings. The Labute approximate surface area is 154 Å². The van der Waals surface area contributed by atoms with Crippen LogP contribution in [0.15, 0.2) is 30.3 Å². The number of benzene rings is 1. The van der Waals surface area contributed by atoms with Crippen molar-refractivity contribution in [3.8, 4) is 11.3 Å². The van der Waals surface area contributed by atoms with Gasteiger partial charge in [-0.1, -0.05) is 29.8 Å². The summed E-state index contributed by atoms with van der Waals surface area (Å²) in [6.07, 6.45) is 1.33. The minimum atomic E-state index is -0.140. The third-order valence-corrected chi connectivity index (χ3v) is 5.01. The van der Waals surface area contributed by atoms with E-state index in [1.807, 2.05) is 24.8 Å². The molecule has 0 saturated carbocycles. The van der Waals surface area contributed by atoms with Crippen LogP contribution in [0.2, 0.25) is 0 Å². The molecule has 1 aromatic carbocycles. The van der Waals surface area contributed by atoms with Gasteiger partial charge in [0, 0.05) is 24.5 Å². The number of aromatic amines is 1. The fourth-order valence-electron chi connectivity index (χ4n) is 3.42. The van der Waals surface area contributed by atoms with Gasteiger partial charge >= 0.3 is 5.97 Å². The van der Waals surface area contributed by atoms with E-state index in [1.165, 1.54) is 5.56 Å². The van der Waals surface area contributed by atoms with Gasteiger partial charge in [-0.3, -0.25) is 9.59 Å². The highest BCUT2D eigenvalue weighted by molar-refractivity contribution is 5.97. The smallest absolute Gasteiger partial charge is 0.309 e. The third-order valence-electron chi connectivity index (χ3n) is 5.01. The van der Waals surface area contributed by atoms with Gasteiger partial charge in [-0.15, -0.1) is 0 Å². The molecular formula is C21H26N2O3. The number of carbonyl (C=O) groups is 2. The molecule has 138 valence electrons. The monoisotopic (exact) mass is 354 g/mol. The second-order valence-electron chi connectivity index (χ2n) is 6.91. The molecule has 1 aromatic heterocycles. The zero-order valence-electron chi connectivity index (χ0n) is 15.7. The molecule has 1 N–H and O–H groups in total. The van der Waals surface area contributed by atoms with E-state index in [0.717, 1.165) is 17.0 Å². The lowest BCUT2D eigenvalue weighted by atomic mass is 9.96. The fraction of sp³-hybridized carbons (Fsp3) is 0.429. The van der Waals surface area contributed by atoms with Gasteiger partial charge in [-0.2, -0.15) is 0 Å². The lowest BCUT2D eigenvalue weighted by molar-refractivity contribution is -0.149. The van der Waals surface area contributed by atoms with E-state index < -0.39 is 0 Å². The number of aromatic nitrogens is 1.